The molecule has 0 aliphatic heterocycles. The smallest absolute Gasteiger partial charge is 0.305 e. The van der Waals surface area contributed by atoms with Crippen LogP contribution in [-0.4, -0.2) is 50.4 Å². The summed E-state index contributed by atoms with van der Waals surface area (Å²) < 4.78 is 21.2. The van der Waals surface area contributed by atoms with E-state index in [1.165, 1.54) is 6.33 Å². The van der Waals surface area contributed by atoms with Crippen molar-refractivity contribution in [3.8, 4) is 17.2 Å². The van der Waals surface area contributed by atoms with Crippen LogP contribution < -0.4 is 19.5 Å². The average molecular weight is 363 g/mol. The molecule has 1 heterocycles. The van der Waals surface area contributed by atoms with E-state index in [1.54, 1.807) is 28.3 Å². The standard InChI is InChI=1S/C18H25N3O5/c1-5-26-14(22)8-6-7-9-19-18-12-10-13(23-2)16(24-3)17(25-4)15(12)20-11-21-18/h10-11H,5-9H2,1-4H3,(H,19,20,21). The molecule has 8 nitrogen and oxygen atoms in total. The van der Waals surface area contributed by atoms with Crippen LogP contribution in [0.25, 0.3) is 10.9 Å². The van der Waals surface area contributed by atoms with Crippen LogP contribution in [0.2, 0.25) is 0 Å². The first-order chi connectivity index (χ1) is 12.7. The summed E-state index contributed by atoms with van der Waals surface area (Å²) in [5.41, 5.74) is 0.633. The van der Waals surface area contributed by atoms with Gasteiger partial charge in [-0.3, -0.25) is 4.79 Å². The summed E-state index contributed by atoms with van der Waals surface area (Å²) in [6.07, 6.45) is 3.45. The maximum absolute atomic E-state index is 11.3. The third-order valence-corrected chi connectivity index (χ3v) is 3.84. The molecule has 142 valence electrons. The number of hydrogen-bond acceptors (Lipinski definition) is 8. The van der Waals surface area contributed by atoms with E-state index >= 15 is 0 Å². The molecule has 0 aliphatic rings. The van der Waals surface area contributed by atoms with Gasteiger partial charge in [0, 0.05) is 13.0 Å². The molecular weight excluding hydrogens is 338 g/mol. The molecule has 1 aromatic heterocycles. The number of methoxy groups -OCH3 is 3. The minimum atomic E-state index is -0.165. The van der Waals surface area contributed by atoms with Gasteiger partial charge < -0.3 is 24.3 Å². The van der Waals surface area contributed by atoms with Gasteiger partial charge in [-0.15, -0.1) is 0 Å². The van der Waals surface area contributed by atoms with Gasteiger partial charge in [-0.05, 0) is 25.8 Å². The van der Waals surface area contributed by atoms with Gasteiger partial charge in [0.15, 0.2) is 11.5 Å². The van der Waals surface area contributed by atoms with Crippen LogP contribution in [0.3, 0.4) is 0 Å². The Bertz CT molecular complexity index is 751. The van der Waals surface area contributed by atoms with Crippen molar-refractivity contribution >= 4 is 22.7 Å². The summed E-state index contributed by atoms with van der Waals surface area (Å²) in [6.45, 7) is 2.89. The third-order valence-electron chi connectivity index (χ3n) is 3.84. The van der Waals surface area contributed by atoms with Crippen LogP contribution in [-0.2, 0) is 9.53 Å². The lowest BCUT2D eigenvalue weighted by molar-refractivity contribution is -0.143. The molecule has 1 N–H and O–H groups in total. The van der Waals surface area contributed by atoms with Crippen molar-refractivity contribution in [1.82, 2.24) is 9.97 Å². The first-order valence-corrected chi connectivity index (χ1v) is 8.49. The zero-order chi connectivity index (χ0) is 18.9. The summed E-state index contributed by atoms with van der Waals surface area (Å²) in [7, 11) is 4.67. The molecule has 0 atom stereocenters. The van der Waals surface area contributed by atoms with E-state index in [2.05, 4.69) is 15.3 Å². The Morgan fingerprint density at radius 1 is 1.08 bits per heavy atom. The first kappa shape index (κ1) is 19.6. The number of aromatic nitrogens is 2. The predicted molar refractivity (Wildman–Crippen MR) is 98.2 cm³/mol. The van der Waals surface area contributed by atoms with Crippen LogP contribution in [0.4, 0.5) is 5.82 Å². The minimum absolute atomic E-state index is 0.165. The number of carbonyl (C=O) groups excluding carboxylic acids is 1. The fourth-order valence-electron chi connectivity index (χ4n) is 2.64. The Kier molecular flexibility index (Phi) is 7.25. The molecule has 0 amide bonds. The van der Waals surface area contributed by atoms with Gasteiger partial charge >= 0.3 is 5.97 Å². The fourth-order valence-corrected chi connectivity index (χ4v) is 2.64. The largest absolute Gasteiger partial charge is 0.493 e. The molecule has 0 spiro atoms. The monoisotopic (exact) mass is 363 g/mol. The maximum atomic E-state index is 11.3. The predicted octanol–water partition coefficient (Wildman–Crippen LogP) is 2.80. The van der Waals surface area contributed by atoms with Gasteiger partial charge in [0.25, 0.3) is 0 Å². The highest BCUT2D eigenvalue weighted by molar-refractivity contribution is 5.96. The van der Waals surface area contributed by atoms with Crippen LogP contribution in [0, 0.1) is 0 Å². The zero-order valence-electron chi connectivity index (χ0n) is 15.6. The summed E-state index contributed by atoms with van der Waals surface area (Å²) >= 11 is 0. The molecule has 0 bridgehead atoms. The van der Waals surface area contributed by atoms with Crippen molar-refractivity contribution < 1.29 is 23.7 Å². The molecule has 0 radical (unpaired) electrons. The second kappa shape index (κ2) is 9.65. The molecule has 0 fully saturated rings. The Morgan fingerprint density at radius 3 is 2.50 bits per heavy atom. The Balaban J connectivity index is 2.14. The number of ether oxygens (including phenoxy) is 4. The highest BCUT2D eigenvalue weighted by Gasteiger charge is 2.19. The normalized spacial score (nSPS) is 10.5. The summed E-state index contributed by atoms with van der Waals surface area (Å²) in [4.78, 5) is 20.0. The van der Waals surface area contributed by atoms with Crippen molar-refractivity contribution in [3.63, 3.8) is 0 Å². The van der Waals surface area contributed by atoms with E-state index in [0.29, 0.717) is 48.2 Å². The molecule has 8 heteroatoms. The number of nitrogens with one attached hydrogen (secondary N) is 1. The van der Waals surface area contributed by atoms with Crippen molar-refractivity contribution in [2.24, 2.45) is 0 Å². The number of benzene rings is 1. The number of anilines is 1. The summed E-state index contributed by atoms with van der Waals surface area (Å²) in [6, 6.07) is 1.82. The van der Waals surface area contributed by atoms with Crippen molar-refractivity contribution in [2.75, 3.05) is 39.8 Å². The van der Waals surface area contributed by atoms with Crippen LogP contribution in [0.1, 0.15) is 26.2 Å². The molecular formula is C18H25N3O5. The first-order valence-electron chi connectivity index (χ1n) is 8.49. The second-order valence-corrected chi connectivity index (χ2v) is 5.45. The molecule has 26 heavy (non-hydrogen) atoms. The third kappa shape index (κ3) is 4.44. The van der Waals surface area contributed by atoms with E-state index in [-0.39, 0.29) is 5.97 Å². The fraction of sp³-hybridized carbons (Fsp3) is 0.500. The van der Waals surface area contributed by atoms with Gasteiger partial charge in [-0.1, -0.05) is 0 Å². The van der Waals surface area contributed by atoms with Crippen molar-refractivity contribution in [3.05, 3.63) is 12.4 Å². The van der Waals surface area contributed by atoms with Crippen LogP contribution in [0.5, 0.6) is 17.2 Å². The van der Waals surface area contributed by atoms with E-state index in [0.717, 1.165) is 18.2 Å². The highest BCUT2D eigenvalue weighted by atomic mass is 16.5. The molecule has 0 aliphatic carbocycles. The van der Waals surface area contributed by atoms with E-state index in [9.17, 15) is 4.79 Å². The Labute approximate surface area is 152 Å². The SMILES string of the molecule is CCOC(=O)CCCCNc1ncnc2c(OC)c(OC)c(OC)cc12. The lowest BCUT2D eigenvalue weighted by Gasteiger charge is -2.15. The quantitative estimate of drug-likeness (QED) is 0.509. The number of unbranched alkanes of at least 4 members (excludes halogenated alkanes) is 1. The van der Waals surface area contributed by atoms with Crippen LogP contribution in [0.15, 0.2) is 12.4 Å². The molecule has 2 aromatic rings. The number of rotatable bonds is 10. The van der Waals surface area contributed by atoms with Gasteiger partial charge in [0.1, 0.15) is 17.7 Å². The Morgan fingerprint density at radius 2 is 1.85 bits per heavy atom. The van der Waals surface area contributed by atoms with E-state index < -0.39 is 0 Å². The maximum Gasteiger partial charge on any atom is 0.305 e. The number of carbonyl (C=O) groups is 1. The molecule has 0 saturated heterocycles. The number of nitrogens with zero attached hydrogens (tertiary/aromatic N) is 2. The average Bonchev–Trinajstić information content (AvgIpc) is 2.66. The zero-order valence-corrected chi connectivity index (χ0v) is 15.6. The van der Waals surface area contributed by atoms with Crippen molar-refractivity contribution in [1.29, 1.82) is 0 Å². The number of fused-ring (bicyclic) bond motifs is 1. The van der Waals surface area contributed by atoms with Gasteiger partial charge in [0.2, 0.25) is 5.75 Å². The molecule has 0 unspecified atom stereocenters. The molecule has 0 saturated carbocycles. The molecule has 1 aromatic carbocycles. The minimum Gasteiger partial charge on any atom is -0.493 e. The highest BCUT2D eigenvalue weighted by Crippen LogP contribution is 2.43. The van der Waals surface area contributed by atoms with Gasteiger partial charge in [-0.2, -0.15) is 0 Å². The van der Waals surface area contributed by atoms with Crippen LogP contribution >= 0.6 is 0 Å². The topological polar surface area (TPSA) is 91.8 Å². The van der Waals surface area contributed by atoms with E-state index in [4.69, 9.17) is 18.9 Å². The van der Waals surface area contributed by atoms with E-state index in [1.807, 2.05) is 6.07 Å². The molecule has 2 rings (SSSR count). The lowest BCUT2D eigenvalue weighted by Crippen LogP contribution is -2.08. The summed E-state index contributed by atoms with van der Waals surface area (Å²) in [5, 5.41) is 4.05. The number of hydrogen-bond donors (Lipinski definition) is 1. The second-order valence-electron chi connectivity index (χ2n) is 5.45. The van der Waals surface area contributed by atoms with Gasteiger partial charge in [0.05, 0.1) is 33.3 Å². The Hall–Kier alpha value is -2.77. The number of esters is 1. The summed E-state index contributed by atoms with van der Waals surface area (Å²) in [5.74, 6) is 2.03. The lowest BCUT2D eigenvalue weighted by atomic mass is 10.1. The van der Waals surface area contributed by atoms with Gasteiger partial charge in [-0.25, -0.2) is 9.97 Å². The van der Waals surface area contributed by atoms with Crippen molar-refractivity contribution in [2.45, 2.75) is 26.2 Å².